The van der Waals surface area contributed by atoms with E-state index < -0.39 is 0 Å². The number of methoxy groups -OCH3 is 1. The molecule has 148 valence electrons. The number of carbonyl (C=O) groups excluding carboxylic acids is 1. The molecule has 1 atom stereocenters. The lowest BCUT2D eigenvalue weighted by molar-refractivity contribution is 0.0704. The lowest BCUT2D eigenvalue weighted by Gasteiger charge is -2.32. The van der Waals surface area contributed by atoms with Crippen LogP contribution >= 0.6 is 0 Å². The number of pyridine rings is 1. The molecular formula is C22H22N4O3. The average molecular weight is 390 g/mol. The van der Waals surface area contributed by atoms with Gasteiger partial charge in [-0.25, -0.2) is 9.97 Å². The number of nitrogens with zero attached hydrogens (tertiary/aromatic N) is 4. The van der Waals surface area contributed by atoms with Crippen molar-refractivity contribution in [2.75, 3.05) is 20.2 Å². The van der Waals surface area contributed by atoms with Crippen molar-refractivity contribution in [1.82, 2.24) is 19.9 Å². The van der Waals surface area contributed by atoms with Crippen molar-refractivity contribution < 1.29 is 14.3 Å². The summed E-state index contributed by atoms with van der Waals surface area (Å²) in [5.74, 6) is 1.71. The number of carbonyl (C=O) groups is 1. The minimum absolute atomic E-state index is 0.0423. The van der Waals surface area contributed by atoms with Crippen molar-refractivity contribution in [3.63, 3.8) is 0 Å². The SMILES string of the molecule is COc1ccc(C(=O)N2CCC[C@H](c3nccnc3Oc3ccccc3)C2)cn1. The van der Waals surface area contributed by atoms with Gasteiger partial charge in [0.1, 0.15) is 11.4 Å². The molecule has 1 amide bonds. The van der Waals surface area contributed by atoms with Gasteiger partial charge in [0.25, 0.3) is 5.91 Å². The maximum absolute atomic E-state index is 12.9. The smallest absolute Gasteiger partial charge is 0.255 e. The fraction of sp³-hybridized carbons (Fsp3) is 0.273. The van der Waals surface area contributed by atoms with E-state index in [0.29, 0.717) is 36.2 Å². The molecule has 1 aliphatic rings. The molecule has 3 heterocycles. The van der Waals surface area contributed by atoms with Crippen LogP contribution in [0.4, 0.5) is 0 Å². The van der Waals surface area contributed by atoms with Crippen molar-refractivity contribution >= 4 is 5.91 Å². The normalized spacial score (nSPS) is 16.3. The average Bonchev–Trinajstić information content (AvgIpc) is 2.80. The van der Waals surface area contributed by atoms with Gasteiger partial charge in [-0.1, -0.05) is 18.2 Å². The van der Waals surface area contributed by atoms with E-state index in [0.717, 1.165) is 18.5 Å². The first-order chi connectivity index (χ1) is 14.2. The van der Waals surface area contributed by atoms with E-state index in [1.165, 1.54) is 0 Å². The van der Waals surface area contributed by atoms with Crippen LogP contribution in [0.25, 0.3) is 0 Å². The molecule has 1 saturated heterocycles. The lowest BCUT2D eigenvalue weighted by atomic mass is 9.94. The quantitative estimate of drug-likeness (QED) is 0.661. The van der Waals surface area contributed by atoms with Crippen LogP contribution in [-0.4, -0.2) is 46.0 Å². The number of ether oxygens (including phenoxy) is 2. The van der Waals surface area contributed by atoms with Crippen molar-refractivity contribution in [3.8, 4) is 17.5 Å². The molecule has 0 unspecified atom stereocenters. The summed E-state index contributed by atoms with van der Waals surface area (Å²) in [7, 11) is 1.55. The summed E-state index contributed by atoms with van der Waals surface area (Å²) in [6, 6.07) is 13.0. The molecule has 4 rings (SSSR count). The fourth-order valence-electron chi connectivity index (χ4n) is 3.49. The standard InChI is InChI=1S/C22H22N4O3/c1-28-19-10-9-16(14-25-19)22(27)26-13-5-6-17(15-26)20-21(24-12-11-23-20)29-18-7-3-2-4-8-18/h2-4,7-12,14,17H,5-6,13,15H2,1H3/t17-/m0/s1. The molecule has 0 N–H and O–H groups in total. The molecule has 0 saturated carbocycles. The maximum Gasteiger partial charge on any atom is 0.255 e. The van der Waals surface area contributed by atoms with Crippen molar-refractivity contribution in [2.24, 2.45) is 0 Å². The molecule has 1 fully saturated rings. The molecule has 1 aliphatic heterocycles. The van der Waals surface area contributed by atoms with Gasteiger partial charge in [-0.2, -0.15) is 0 Å². The number of amides is 1. The molecule has 1 aromatic carbocycles. The highest BCUT2D eigenvalue weighted by molar-refractivity contribution is 5.94. The predicted molar refractivity (Wildman–Crippen MR) is 107 cm³/mol. The first kappa shape index (κ1) is 18.9. The van der Waals surface area contributed by atoms with Crippen LogP contribution in [0.2, 0.25) is 0 Å². The van der Waals surface area contributed by atoms with Gasteiger partial charge in [-0.05, 0) is 31.0 Å². The van der Waals surface area contributed by atoms with Gasteiger partial charge >= 0.3 is 0 Å². The van der Waals surface area contributed by atoms with E-state index >= 15 is 0 Å². The number of piperidine rings is 1. The largest absolute Gasteiger partial charge is 0.481 e. The number of rotatable bonds is 5. The van der Waals surface area contributed by atoms with E-state index in [4.69, 9.17) is 9.47 Å². The monoisotopic (exact) mass is 390 g/mol. The maximum atomic E-state index is 12.9. The van der Waals surface area contributed by atoms with Crippen LogP contribution in [-0.2, 0) is 0 Å². The van der Waals surface area contributed by atoms with Crippen LogP contribution in [0.5, 0.6) is 17.5 Å². The van der Waals surface area contributed by atoms with Gasteiger partial charge in [-0.3, -0.25) is 9.78 Å². The van der Waals surface area contributed by atoms with Crippen LogP contribution in [0.3, 0.4) is 0 Å². The number of aromatic nitrogens is 3. The van der Waals surface area contributed by atoms with Crippen LogP contribution in [0.1, 0.15) is 34.8 Å². The van der Waals surface area contributed by atoms with E-state index in [-0.39, 0.29) is 11.8 Å². The van der Waals surface area contributed by atoms with E-state index in [9.17, 15) is 4.79 Å². The number of benzene rings is 1. The summed E-state index contributed by atoms with van der Waals surface area (Å²) in [6.45, 7) is 1.27. The Labute approximate surface area is 169 Å². The minimum atomic E-state index is -0.0423. The van der Waals surface area contributed by atoms with E-state index in [1.54, 1.807) is 37.8 Å². The molecule has 0 radical (unpaired) electrons. The zero-order chi connectivity index (χ0) is 20.1. The van der Waals surface area contributed by atoms with Gasteiger partial charge in [0.15, 0.2) is 0 Å². The third-order valence-corrected chi connectivity index (χ3v) is 4.94. The molecule has 0 bridgehead atoms. The van der Waals surface area contributed by atoms with Gasteiger partial charge in [0, 0.05) is 43.7 Å². The fourth-order valence-corrected chi connectivity index (χ4v) is 3.49. The Morgan fingerprint density at radius 2 is 1.90 bits per heavy atom. The van der Waals surface area contributed by atoms with Crippen LogP contribution < -0.4 is 9.47 Å². The summed E-state index contributed by atoms with van der Waals surface area (Å²) in [6.07, 6.45) is 6.66. The second kappa shape index (κ2) is 8.68. The van der Waals surface area contributed by atoms with Gasteiger partial charge in [0.2, 0.25) is 11.8 Å². The van der Waals surface area contributed by atoms with Crippen LogP contribution in [0.15, 0.2) is 61.1 Å². The Bertz CT molecular complexity index is 963. The lowest BCUT2D eigenvalue weighted by Crippen LogP contribution is -2.39. The molecule has 7 nitrogen and oxygen atoms in total. The van der Waals surface area contributed by atoms with Gasteiger partial charge in [-0.15, -0.1) is 0 Å². The number of para-hydroxylation sites is 1. The molecule has 0 aliphatic carbocycles. The highest BCUT2D eigenvalue weighted by atomic mass is 16.5. The first-order valence-corrected chi connectivity index (χ1v) is 9.57. The Balaban J connectivity index is 1.52. The topological polar surface area (TPSA) is 77.4 Å². The molecular weight excluding hydrogens is 368 g/mol. The molecule has 2 aromatic heterocycles. The highest BCUT2D eigenvalue weighted by Crippen LogP contribution is 2.33. The number of hydrogen-bond donors (Lipinski definition) is 0. The predicted octanol–water partition coefficient (Wildman–Crippen LogP) is 3.69. The summed E-state index contributed by atoms with van der Waals surface area (Å²) >= 11 is 0. The summed E-state index contributed by atoms with van der Waals surface area (Å²) in [5, 5.41) is 0. The summed E-state index contributed by atoms with van der Waals surface area (Å²) in [5.41, 5.74) is 1.33. The van der Waals surface area contributed by atoms with Crippen molar-refractivity contribution in [1.29, 1.82) is 0 Å². The van der Waals surface area contributed by atoms with Crippen molar-refractivity contribution in [2.45, 2.75) is 18.8 Å². The first-order valence-electron chi connectivity index (χ1n) is 9.57. The molecule has 0 spiro atoms. The minimum Gasteiger partial charge on any atom is -0.481 e. The second-order valence-electron chi connectivity index (χ2n) is 6.84. The third kappa shape index (κ3) is 4.34. The Kier molecular flexibility index (Phi) is 5.65. The molecule has 29 heavy (non-hydrogen) atoms. The van der Waals surface area contributed by atoms with Gasteiger partial charge < -0.3 is 14.4 Å². The summed E-state index contributed by atoms with van der Waals surface area (Å²) in [4.78, 5) is 27.8. The van der Waals surface area contributed by atoms with E-state index in [2.05, 4.69) is 15.0 Å². The van der Waals surface area contributed by atoms with E-state index in [1.807, 2.05) is 35.2 Å². The Hall–Kier alpha value is -3.48. The highest BCUT2D eigenvalue weighted by Gasteiger charge is 2.29. The Morgan fingerprint density at radius 3 is 2.66 bits per heavy atom. The second-order valence-corrected chi connectivity index (χ2v) is 6.84. The zero-order valence-corrected chi connectivity index (χ0v) is 16.2. The Morgan fingerprint density at radius 1 is 1.07 bits per heavy atom. The number of likely N-dealkylation sites (tertiary alicyclic amines) is 1. The van der Waals surface area contributed by atoms with Crippen molar-refractivity contribution in [3.05, 3.63) is 72.3 Å². The van der Waals surface area contributed by atoms with Gasteiger partial charge in [0.05, 0.1) is 12.7 Å². The third-order valence-electron chi connectivity index (χ3n) is 4.94. The molecule has 7 heteroatoms. The number of hydrogen-bond acceptors (Lipinski definition) is 6. The zero-order valence-electron chi connectivity index (χ0n) is 16.2. The summed E-state index contributed by atoms with van der Waals surface area (Å²) < 4.78 is 11.0. The van der Waals surface area contributed by atoms with Crippen LogP contribution in [0, 0.1) is 0 Å². The molecule has 3 aromatic rings.